The van der Waals surface area contributed by atoms with Gasteiger partial charge in [0.1, 0.15) is 5.82 Å². The minimum atomic E-state index is -0.138. The molecule has 0 amide bonds. The highest BCUT2D eigenvalue weighted by molar-refractivity contribution is 5.79. The lowest BCUT2D eigenvalue weighted by Gasteiger charge is -2.31. The number of benzene rings is 1. The van der Waals surface area contributed by atoms with Crippen LogP contribution >= 0.6 is 0 Å². The molecule has 1 saturated heterocycles. The van der Waals surface area contributed by atoms with Gasteiger partial charge in [-0.2, -0.15) is 0 Å². The zero-order valence-corrected chi connectivity index (χ0v) is 15.0. The smallest absolute Gasteiger partial charge is 0.190 e. The predicted octanol–water partition coefficient (Wildman–Crippen LogP) is 2.66. The fourth-order valence-corrected chi connectivity index (χ4v) is 3.22. The molecular formula is C19H31FN4. The summed E-state index contributed by atoms with van der Waals surface area (Å²) in [5, 5.41) is 6.64. The highest BCUT2D eigenvalue weighted by atomic mass is 19.1. The van der Waals surface area contributed by atoms with Crippen molar-refractivity contribution in [2.75, 3.05) is 39.8 Å². The summed E-state index contributed by atoms with van der Waals surface area (Å²) >= 11 is 0. The summed E-state index contributed by atoms with van der Waals surface area (Å²) in [5.41, 5.74) is 0.739. The van der Waals surface area contributed by atoms with Crippen LogP contribution in [0.4, 0.5) is 4.39 Å². The summed E-state index contributed by atoms with van der Waals surface area (Å²) in [5.74, 6) is 1.48. The maximum absolute atomic E-state index is 13.6. The fraction of sp³-hybridized carbons (Fsp3) is 0.632. The lowest BCUT2D eigenvalue weighted by molar-refractivity contribution is 0.187. The van der Waals surface area contributed by atoms with E-state index in [0.717, 1.165) is 24.0 Å². The van der Waals surface area contributed by atoms with E-state index in [1.54, 1.807) is 13.1 Å². The lowest BCUT2D eigenvalue weighted by Crippen LogP contribution is -2.40. The number of guanidine groups is 1. The van der Waals surface area contributed by atoms with E-state index in [9.17, 15) is 4.39 Å². The number of piperidine rings is 1. The maximum Gasteiger partial charge on any atom is 0.190 e. The number of rotatable bonds is 7. The number of hydrogen-bond donors (Lipinski definition) is 2. The van der Waals surface area contributed by atoms with Crippen molar-refractivity contribution < 1.29 is 4.39 Å². The van der Waals surface area contributed by atoms with E-state index in [2.05, 4.69) is 27.4 Å². The second-order valence-corrected chi connectivity index (χ2v) is 6.43. The van der Waals surface area contributed by atoms with Gasteiger partial charge in [0.25, 0.3) is 0 Å². The average Bonchev–Trinajstić information content (AvgIpc) is 2.62. The molecule has 2 rings (SSSR count). The number of hydrogen-bond acceptors (Lipinski definition) is 2. The highest BCUT2D eigenvalue weighted by Gasteiger charge is 2.17. The van der Waals surface area contributed by atoms with Gasteiger partial charge in [-0.25, -0.2) is 4.39 Å². The van der Waals surface area contributed by atoms with Crippen LogP contribution in [-0.2, 0) is 6.42 Å². The van der Waals surface area contributed by atoms with Gasteiger partial charge in [-0.05, 0) is 62.9 Å². The van der Waals surface area contributed by atoms with E-state index in [0.29, 0.717) is 13.0 Å². The number of likely N-dealkylation sites (tertiary alicyclic amines) is 1. The number of nitrogens with one attached hydrogen (secondary N) is 2. The molecule has 5 heteroatoms. The largest absolute Gasteiger partial charge is 0.356 e. The summed E-state index contributed by atoms with van der Waals surface area (Å²) in [6.45, 7) is 7.49. The molecule has 24 heavy (non-hydrogen) atoms. The Morgan fingerprint density at radius 2 is 1.92 bits per heavy atom. The van der Waals surface area contributed by atoms with Crippen molar-refractivity contribution in [2.45, 2.75) is 32.6 Å². The van der Waals surface area contributed by atoms with Crippen molar-refractivity contribution in [1.29, 1.82) is 0 Å². The molecule has 0 aliphatic carbocycles. The maximum atomic E-state index is 13.6. The highest BCUT2D eigenvalue weighted by Crippen LogP contribution is 2.19. The van der Waals surface area contributed by atoms with Crippen LogP contribution < -0.4 is 10.6 Å². The standard InChI is InChI=1S/C19H31FN4/c1-3-24-14-10-16(11-15-24)8-12-22-19(21-2)23-13-9-17-6-4-5-7-18(17)20/h4-7,16H,3,8-15H2,1-2H3,(H2,21,22,23). The van der Waals surface area contributed by atoms with Crippen molar-refractivity contribution in [3.8, 4) is 0 Å². The Kier molecular flexibility index (Phi) is 8.02. The molecule has 134 valence electrons. The van der Waals surface area contributed by atoms with Crippen LogP contribution in [0.25, 0.3) is 0 Å². The van der Waals surface area contributed by atoms with Crippen molar-refractivity contribution in [3.05, 3.63) is 35.6 Å². The SMILES string of the molecule is CCN1CCC(CCNC(=NC)NCCc2ccccc2F)CC1. The molecule has 0 bridgehead atoms. The molecule has 0 spiro atoms. The first-order valence-electron chi connectivity index (χ1n) is 9.13. The Balaban J connectivity index is 1.62. The van der Waals surface area contributed by atoms with E-state index < -0.39 is 0 Å². The molecule has 2 N–H and O–H groups in total. The van der Waals surface area contributed by atoms with Gasteiger partial charge in [0.05, 0.1) is 0 Å². The van der Waals surface area contributed by atoms with Crippen LogP contribution in [0, 0.1) is 11.7 Å². The summed E-state index contributed by atoms with van der Waals surface area (Å²) < 4.78 is 13.6. The summed E-state index contributed by atoms with van der Waals surface area (Å²) in [6, 6.07) is 6.93. The van der Waals surface area contributed by atoms with Crippen LogP contribution in [0.1, 0.15) is 31.7 Å². The molecule has 0 aromatic heterocycles. The topological polar surface area (TPSA) is 39.7 Å². The Hall–Kier alpha value is -1.62. The lowest BCUT2D eigenvalue weighted by atomic mass is 9.93. The first-order chi connectivity index (χ1) is 11.7. The monoisotopic (exact) mass is 334 g/mol. The third-order valence-corrected chi connectivity index (χ3v) is 4.87. The van der Waals surface area contributed by atoms with E-state index >= 15 is 0 Å². The molecule has 0 saturated carbocycles. The van der Waals surface area contributed by atoms with Gasteiger partial charge in [-0.15, -0.1) is 0 Å². The molecule has 0 radical (unpaired) electrons. The molecule has 4 nitrogen and oxygen atoms in total. The van der Waals surface area contributed by atoms with Crippen LogP contribution in [0.5, 0.6) is 0 Å². The van der Waals surface area contributed by atoms with E-state index in [-0.39, 0.29) is 5.82 Å². The normalized spacial score (nSPS) is 17.0. The van der Waals surface area contributed by atoms with Gasteiger partial charge in [0.2, 0.25) is 0 Å². The van der Waals surface area contributed by atoms with Gasteiger partial charge >= 0.3 is 0 Å². The Morgan fingerprint density at radius 1 is 1.21 bits per heavy atom. The van der Waals surface area contributed by atoms with E-state index in [1.807, 2.05) is 12.1 Å². The van der Waals surface area contributed by atoms with Gasteiger partial charge < -0.3 is 15.5 Å². The first-order valence-corrected chi connectivity index (χ1v) is 9.13. The molecule has 1 fully saturated rings. The summed E-state index contributed by atoms with van der Waals surface area (Å²) in [6.07, 6.45) is 4.44. The van der Waals surface area contributed by atoms with E-state index in [4.69, 9.17) is 0 Å². The number of halogens is 1. The fourth-order valence-electron chi connectivity index (χ4n) is 3.22. The van der Waals surface area contributed by atoms with Crippen molar-refractivity contribution in [3.63, 3.8) is 0 Å². The van der Waals surface area contributed by atoms with Gasteiger partial charge in [0.15, 0.2) is 5.96 Å². The molecule has 1 aromatic rings. The quantitative estimate of drug-likeness (QED) is 0.595. The molecule has 1 aliphatic heterocycles. The van der Waals surface area contributed by atoms with Crippen LogP contribution in [-0.4, -0.2) is 50.6 Å². The second kappa shape index (κ2) is 10.3. The Labute approximate surface area is 145 Å². The minimum Gasteiger partial charge on any atom is -0.356 e. The third-order valence-electron chi connectivity index (χ3n) is 4.87. The molecule has 1 aromatic carbocycles. The minimum absolute atomic E-state index is 0.138. The van der Waals surface area contributed by atoms with Crippen LogP contribution in [0.2, 0.25) is 0 Å². The van der Waals surface area contributed by atoms with Crippen molar-refractivity contribution in [2.24, 2.45) is 10.9 Å². The predicted molar refractivity (Wildman–Crippen MR) is 98.9 cm³/mol. The number of aliphatic imine (C=N–C) groups is 1. The first kappa shape index (κ1) is 18.7. The van der Waals surface area contributed by atoms with Gasteiger partial charge in [0, 0.05) is 20.1 Å². The Bertz CT molecular complexity index is 510. The third kappa shape index (κ3) is 6.11. The molecule has 1 aliphatic rings. The van der Waals surface area contributed by atoms with Crippen molar-refractivity contribution >= 4 is 5.96 Å². The van der Waals surface area contributed by atoms with Gasteiger partial charge in [-0.3, -0.25) is 4.99 Å². The van der Waals surface area contributed by atoms with Crippen LogP contribution in [0.3, 0.4) is 0 Å². The Morgan fingerprint density at radius 3 is 2.58 bits per heavy atom. The summed E-state index contributed by atoms with van der Waals surface area (Å²) in [7, 11) is 1.78. The molecular weight excluding hydrogens is 303 g/mol. The van der Waals surface area contributed by atoms with Crippen LogP contribution in [0.15, 0.2) is 29.3 Å². The molecule has 1 heterocycles. The van der Waals surface area contributed by atoms with Gasteiger partial charge in [-0.1, -0.05) is 25.1 Å². The zero-order valence-electron chi connectivity index (χ0n) is 15.0. The average molecular weight is 334 g/mol. The second-order valence-electron chi connectivity index (χ2n) is 6.43. The van der Waals surface area contributed by atoms with E-state index in [1.165, 1.54) is 45.0 Å². The molecule has 0 atom stereocenters. The van der Waals surface area contributed by atoms with Crippen molar-refractivity contribution in [1.82, 2.24) is 15.5 Å². The summed E-state index contributed by atoms with van der Waals surface area (Å²) in [4.78, 5) is 6.76. The number of nitrogens with zero attached hydrogens (tertiary/aromatic N) is 2. The molecule has 0 unspecified atom stereocenters. The zero-order chi connectivity index (χ0) is 17.2.